The molecule has 0 fully saturated rings. The maximum Gasteiger partial charge on any atom is 0.141 e. The highest BCUT2D eigenvalue weighted by Crippen LogP contribution is 2.32. The predicted octanol–water partition coefficient (Wildman–Crippen LogP) is 5.30. The van der Waals surface area contributed by atoms with Crippen LogP contribution in [0, 0.1) is 0 Å². The number of halogens is 2. The summed E-state index contributed by atoms with van der Waals surface area (Å²) in [5.41, 5.74) is 7.09. The van der Waals surface area contributed by atoms with E-state index in [2.05, 4.69) is 22.9 Å². The maximum absolute atomic E-state index is 5.97. The highest BCUT2D eigenvalue weighted by atomic mass is 79.9. The second-order valence-corrected chi connectivity index (χ2v) is 5.55. The summed E-state index contributed by atoms with van der Waals surface area (Å²) in [6, 6.07) is 13.3. The lowest BCUT2D eigenvalue weighted by molar-refractivity contribution is 0.479. The van der Waals surface area contributed by atoms with Gasteiger partial charge in [0.1, 0.15) is 11.5 Å². The fourth-order valence-corrected chi connectivity index (χ4v) is 2.47. The molecule has 2 aromatic rings. The summed E-state index contributed by atoms with van der Waals surface area (Å²) in [6.07, 6.45) is 0.920. The molecule has 2 N–H and O–H groups in total. The lowest BCUT2D eigenvalue weighted by Gasteiger charge is -2.11. The molecule has 0 heterocycles. The Bertz CT molecular complexity index is 557. The van der Waals surface area contributed by atoms with Crippen molar-refractivity contribution in [2.45, 2.75) is 19.4 Å². The van der Waals surface area contributed by atoms with Crippen LogP contribution in [0.2, 0.25) is 5.02 Å². The van der Waals surface area contributed by atoms with E-state index >= 15 is 0 Å². The summed E-state index contributed by atoms with van der Waals surface area (Å²) in [5, 5.41) is 0.670. The molecular weight excluding hydrogens is 326 g/mol. The minimum atomic E-state index is 0.0799. The summed E-state index contributed by atoms with van der Waals surface area (Å²) in [6.45, 7) is 2.07. The van der Waals surface area contributed by atoms with Gasteiger partial charge in [0.2, 0.25) is 0 Å². The van der Waals surface area contributed by atoms with Crippen molar-refractivity contribution in [2.24, 2.45) is 5.73 Å². The Morgan fingerprint density at radius 3 is 2.47 bits per heavy atom. The van der Waals surface area contributed by atoms with Gasteiger partial charge in [0.05, 0.1) is 4.47 Å². The van der Waals surface area contributed by atoms with Gasteiger partial charge in [-0.2, -0.15) is 0 Å². The fourth-order valence-electron chi connectivity index (χ4n) is 1.70. The average molecular weight is 341 g/mol. The van der Waals surface area contributed by atoms with Crippen molar-refractivity contribution in [1.82, 2.24) is 0 Å². The molecule has 0 aliphatic rings. The van der Waals surface area contributed by atoms with Crippen molar-refractivity contribution in [3.8, 4) is 11.5 Å². The molecule has 0 saturated carbocycles. The molecule has 0 saturated heterocycles. The van der Waals surface area contributed by atoms with Crippen molar-refractivity contribution in [2.75, 3.05) is 0 Å². The molecule has 0 aliphatic heterocycles. The summed E-state index contributed by atoms with van der Waals surface area (Å²) in [5.74, 6) is 1.51. The Balaban J connectivity index is 2.15. The Morgan fingerprint density at radius 2 is 1.89 bits per heavy atom. The molecule has 0 spiro atoms. The monoisotopic (exact) mass is 339 g/mol. The first kappa shape index (κ1) is 14.4. The van der Waals surface area contributed by atoms with Crippen LogP contribution in [0.5, 0.6) is 11.5 Å². The molecule has 2 nitrogen and oxygen atoms in total. The van der Waals surface area contributed by atoms with Crippen LogP contribution in [0.25, 0.3) is 0 Å². The van der Waals surface area contributed by atoms with Gasteiger partial charge < -0.3 is 10.5 Å². The number of hydrogen-bond donors (Lipinski definition) is 1. The van der Waals surface area contributed by atoms with Crippen LogP contribution in [0.3, 0.4) is 0 Å². The van der Waals surface area contributed by atoms with Crippen LogP contribution in [0.15, 0.2) is 46.9 Å². The van der Waals surface area contributed by atoms with E-state index in [-0.39, 0.29) is 6.04 Å². The van der Waals surface area contributed by atoms with Gasteiger partial charge in [0.25, 0.3) is 0 Å². The topological polar surface area (TPSA) is 35.2 Å². The summed E-state index contributed by atoms with van der Waals surface area (Å²) in [4.78, 5) is 0. The average Bonchev–Trinajstić information content (AvgIpc) is 2.42. The molecule has 0 aliphatic carbocycles. The molecule has 0 amide bonds. The van der Waals surface area contributed by atoms with E-state index in [1.165, 1.54) is 0 Å². The van der Waals surface area contributed by atoms with Gasteiger partial charge in [-0.15, -0.1) is 0 Å². The van der Waals surface area contributed by atoms with Gasteiger partial charge in [0.15, 0.2) is 0 Å². The Labute approximate surface area is 126 Å². The molecule has 1 atom stereocenters. The number of ether oxygens (including phenoxy) is 1. The highest BCUT2D eigenvalue weighted by molar-refractivity contribution is 9.10. The van der Waals surface area contributed by atoms with Crippen molar-refractivity contribution in [3.63, 3.8) is 0 Å². The fraction of sp³-hybridized carbons (Fsp3) is 0.200. The van der Waals surface area contributed by atoms with Crippen LogP contribution in [-0.4, -0.2) is 0 Å². The Kier molecular flexibility index (Phi) is 4.86. The van der Waals surface area contributed by atoms with Crippen LogP contribution >= 0.6 is 27.5 Å². The van der Waals surface area contributed by atoms with E-state index < -0.39 is 0 Å². The molecule has 100 valence electrons. The normalized spacial score (nSPS) is 12.2. The van der Waals surface area contributed by atoms with Crippen molar-refractivity contribution >= 4 is 27.5 Å². The first-order valence-electron chi connectivity index (χ1n) is 6.08. The van der Waals surface area contributed by atoms with Gasteiger partial charge in [-0.1, -0.05) is 30.7 Å². The van der Waals surface area contributed by atoms with E-state index in [9.17, 15) is 0 Å². The minimum Gasteiger partial charge on any atom is -0.456 e. The van der Waals surface area contributed by atoms with Crippen LogP contribution in [-0.2, 0) is 0 Å². The third-order valence-corrected chi connectivity index (χ3v) is 3.72. The lowest BCUT2D eigenvalue weighted by Crippen LogP contribution is -2.07. The Hall–Kier alpha value is -1.03. The number of hydrogen-bond acceptors (Lipinski definition) is 2. The van der Waals surface area contributed by atoms with Gasteiger partial charge >= 0.3 is 0 Å². The molecule has 0 aromatic heterocycles. The number of benzene rings is 2. The second kappa shape index (κ2) is 6.42. The molecule has 19 heavy (non-hydrogen) atoms. The van der Waals surface area contributed by atoms with Crippen LogP contribution < -0.4 is 10.5 Å². The standard InChI is InChI=1S/C15H15BrClNO/c1-2-14(18)10-3-6-12(7-4-10)19-15-8-5-11(17)9-13(15)16/h3-9,14H,2,18H2,1H3/t14-/m0/s1. The van der Waals surface area contributed by atoms with Gasteiger partial charge in [0, 0.05) is 11.1 Å². The first-order chi connectivity index (χ1) is 9.10. The zero-order valence-electron chi connectivity index (χ0n) is 10.6. The smallest absolute Gasteiger partial charge is 0.141 e. The van der Waals surface area contributed by atoms with Gasteiger partial charge in [-0.3, -0.25) is 0 Å². The predicted molar refractivity (Wildman–Crippen MR) is 82.9 cm³/mol. The third kappa shape index (κ3) is 3.72. The lowest BCUT2D eigenvalue weighted by atomic mass is 10.1. The molecule has 2 rings (SSSR count). The zero-order valence-corrected chi connectivity index (χ0v) is 12.9. The van der Waals surface area contributed by atoms with E-state index in [0.29, 0.717) is 5.02 Å². The summed E-state index contributed by atoms with van der Waals surface area (Å²) < 4.78 is 6.61. The molecular formula is C15H15BrClNO. The first-order valence-corrected chi connectivity index (χ1v) is 7.25. The van der Waals surface area contributed by atoms with Gasteiger partial charge in [-0.25, -0.2) is 0 Å². The molecule has 0 bridgehead atoms. The molecule has 4 heteroatoms. The van der Waals surface area contributed by atoms with Crippen LogP contribution in [0.4, 0.5) is 0 Å². The zero-order chi connectivity index (χ0) is 13.8. The van der Waals surface area contributed by atoms with Crippen molar-refractivity contribution < 1.29 is 4.74 Å². The summed E-state index contributed by atoms with van der Waals surface area (Å²) >= 11 is 9.32. The minimum absolute atomic E-state index is 0.0799. The Morgan fingerprint density at radius 1 is 1.21 bits per heavy atom. The molecule has 0 unspecified atom stereocenters. The van der Waals surface area contributed by atoms with E-state index in [4.69, 9.17) is 22.1 Å². The van der Waals surface area contributed by atoms with Crippen LogP contribution in [0.1, 0.15) is 24.9 Å². The van der Waals surface area contributed by atoms with Gasteiger partial charge in [-0.05, 0) is 58.2 Å². The summed E-state index contributed by atoms with van der Waals surface area (Å²) in [7, 11) is 0. The molecule has 0 radical (unpaired) electrons. The number of rotatable bonds is 4. The highest BCUT2D eigenvalue weighted by Gasteiger charge is 2.06. The van der Waals surface area contributed by atoms with E-state index in [1.807, 2.05) is 30.3 Å². The van der Waals surface area contributed by atoms with Crippen molar-refractivity contribution in [3.05, 3.63) is 57.5 Å². The van der Waals surface area contributed by atoms with E-state index in [0.717, 1.165) is 28.0 Å². The maximum atomic E-state index is 5.97. The van der Waals surface area contributed by atoms with E-state index in [1.54, 1.807) is 12.1 Å². The molecule has 2 aromatic carbocycles. The SMILES string of the molecule is CC[C@H](N)c1ccc(Oc2ccc(Cl)cc2Br)cc1. The largest absolute Gasteiger partial charge is 0.456 e. The number of nitrogens with two attached hydrogens (primary N) is 1. The second-order valence-electron chi connectivity index (χ2n) is 4.26. The third-order valence-electron chi connectivity index (χ3n) is 2.87. The quantitative estimate of drug-likeness (QED) is 0.819. The van der Waals surface area contributed by atoms with Crippen molar-refractivity contribution in [1.29, 1.82) is 0 Å².